The van der Waals surface area contributed by atoms with Gasteiger partial charge in [-0.2, -0.15) is 0 Å². The molecule has 0 amide bonds. The minimum Gasteiger partial charge on any atom is -0.236 e. The van der Waals surface area contributed by atoms with Crippen molar-refractivity contribution in [2.45, 2.75) is 122 Å². The fourth-order valence-corrected chi connectivity index (χ4v) is 5.33. The zero-order valence-electron chi connectivity index (χ0n) is 21.1. The summed E-state index contributed by atoms with van der Waals surface area (Å²) >= 11 is 0. The monoisotopic (exact) mass is 452 g/mol. The Morgan fingerprint density at radius 2 is 1.42 bits per heavy atom. The van der Waals surface area contributed by atoms with Crippen molar-refractivity contribution in [3.05, 3.63) is 47.5 Å². The van der Waals surface area contributed by atoms with Crippen LogP contribution in [0.15, 0.2) is 30.6 Å². The third-order valence-corrected chi connectivity index (χ3v) is 7.57. The number of aromatic nitrogens is 2. The van der Waals surface area contributed by atoms with E-state index in [-0.39, 0.29) is 5.82 Å². The molecule has 1 aliphatic rings. The smallest absolute Gasteiger partial charge is 0.159 e. The Kier molecular flexibility index (Phi) is 11.3. The summed E-state index contributed by atoms with van der Waals surface area (Å²) in [4.78, 5) is 9.22. The first-order valence-electron chi connectivity index (χ1n) is 13.8. The predicted octanol–water partition coefficient (Wildman–Crippen LogP) is 9.43. The topological polar surface area (TPSA) is 25.8 Å². The summed E-state index contributed by atoms with van der Waals surface area (Å²) in [5.74, 6) is 2.01. The van der Waals surface area contributed by atoms with Gasteiger partial charge in [-0.3, -0.25) is 0 Å². The van der Waals surface area contributed by atoms with Crippen molar-refractivity contribution in [2.75, 3.05) is 0 Å². The molecule has 1 aromatic heterocycles. The fraction of sp³-hybridized carbons (Fsp3) is 0.667. The van der Waals surface area contributed by atoms with Gasteiger partial charge in [-0.1, -0.05) is 90.2 Å². The summed E-state index contributed by atoms with van der Waals surface area (Å²) in [7, 11) is 0. The van der Waals surface area contributed by atoms with Crippen LogP contribution in [0.25, 0.3) is 11.4 Å². The van der Waals surface area contributed by atoms with Crippen LogP contribution in [0.2, 0.25) is 0 Å². The summed E-state index contributed by atoms with van der Waals surface area (Å²) in [6, 6.07) is 5.52. The lowest BCUT2D eigenvalue weighted by Crippen LogP contribution is -2.14. The van der Waals surface area contributed by atoms with Crippen molar-refractivity contribution in [3.8, 4) is 11.4 Å². The highest BCUT2D eigenvalue weighted by molar-refractivity contribution is 5.55. The van der Waals surface area contributed by atoms with Gasteiger partial charge >= 0.3 is 0 Å². The van der Waals surface area contributed by atoms with Gasteiger partial charge in [-0.05, 0) is 67.6 Å². The summed E-state index contributed by atoms with van der Waals surface area (Å²) in [6.07, 6.45) is 24.2. The van der Waals surface area contributed by atoms with Crippen LogP contribution in [-0.2, 0) is 6.42 Å². The summed E-state index contributed by atoms with van der Waals surface area (Å²) in [5, 5.41) is 0. The van der Waals surface area contributed by atoms with Gasteiger partial charge < -0.3 is 0 Å². The van der Waals surface area contributed by atoms with Gasteiger partial charge in [0, 0.05) is 18.0 Å². The van der Waals surface area contributed by atoms with Crippen molar-refractivity contribution >= 4 is 0 Å². The average molecular weight is 453 g/mol. The normalized spacial score (nSPS) is 18.5. The molecule has 0 aliphatic heterocycles. The quantitative estimate of drug-likeness (QED) is 0.267. The van der Waals surface area contributed by atoms with E-state index in [1.807, 2.05) is 24.5 Å². The number of benzene rings is 1. The van der Waals surface area contributed by atoms with Crippen LogP contribution in [0.3, 0.4) is 0 Å². The molecule has 3 heteroatoms. The molecule has 0 N–H and O–H groups in total. The Labute approximate surface area is 201 Å². The molecule has 33 heavy (non-hydrogen) atoms. The van der Waals surface area contributed by atoms with Gasteiger partial charge in [0.05, 0.1) is 0 Å². The van der Waals surface area contributed by atoms with Gasteiger partial charge in [0.15, 0.2) is 5.82 Å². The van der Waals surface area contributed by atoms with Gasteiger partial charge in [-0.25, -0.2) is 14.4 Å². The second-order valence-electron chi connectivity index (χ2n) is 10.2. The largest absolute Gasteiger partial charge is 0.236 e. The van der Waals surface area contributed by atoms with E-state index in [4.69, 9.17) is 0 Å². The lowest BCUT2D eigenvalue weighted by molar-refractivity contribution is 0.301. The number of nitrogens with zero attached hydrogens (tertiary/aromatic N) is 2. The first-order chi connectivity index (χ1) is 16.2. The minimum absolute atomic E-state index is 0.119. The summed E-state index contributed by atoms with van der Waals surface area (Å²) < 4.78 is 14.6. The van der Waals surface area contributed by atoms with Crippen molar-refractivity contribution in [1.29, 1.82) is 0 Å². The van der Waals surface area contributed by atoms with E-state index in [1.54, 1.807) is 6.07 Å². The van der Waals surface area contributed by atoms with Gasteiger partial charge in [0.25, 0.3) is 0 Å². The highest BCUT2D eigenvalue weighted by atomic mass is 19.1. The second-order valence-corrected chi connectivity index (χ2v) is 10.2. The number of unbranched alkanes of at least 4 members (excludes halogenated alkanes) is 8. The number of hydrogen-bond acceptors (Lipinski definition) is 2. The molecule has 0 radical (unpaired) electrons. The number of aryl methyl sites for hydroxylation is 1. The molecule has 0 spiro atoms. The lowest BCUT2D eigenvalue weighted by atomic mass is 9.77. The molecule has 2 aromatic rings. The molecule has 1 aliphatic carbocycles. The molecule has 0 unspecified atom stereocenters. The Bertz CT molecular complexity index is 793. The van der Waals surface area contributed by atoms with Gasteiger partial charge in [-0.15, -0.1) is 0 Å². The minimum atomic E-state index is -0.119. The first kappa shape index (κ1) is 25.8. The van der Waals surface area contributed by atoms with Crippen molar-refractivity contribution in [2.24, 2.45) is 5.92 Å². The van der Waals surface area contributed by atoms with E-state index in [0.29, 0.717) is 11.7 Å². The van der Waals surface area contributed by atoms with Crippen LogP contribution in [0, 0.1) is 11.7 Å². The van der Waals surface area contributed by atoms with Crippen molar-refractivity contribution < 1.29 is 4.39 Å². The number of halogens is 1. The lowest BCUT2D eigenvalue weighted by Gasteiger charge is -2.28. The molecular weight excluding hydrogens is 407 g/mol. The van der Waals surface area contributed by atoms with Crippen molar-refractivity contribution in [1.82, 2.24) is 9.97 Å². The number of hydrogen-bond donors (Lipinski definition) is 0. The van der Waals surface area contributed by atoms with Gasteiger partial charge in [0.1, 0.15) is 5.82 Å². The van der Waals surface area contributed by atoms with E-state index in [2.05, 4.69) is 23.8 Å². The molecule has 2 nitrogen and oxygen atoms in total. The van der Waals surface area contributed by atoms with Crippen LogP contribution in [0.1, 0.15) is 127 Å². The maximum absolute atomic E-state index is 14.6. The summed E-state index contributed by atoms with van der Waals surface area (Å²) in [5.41, 5.74) is 2.85. The Morgan fingerprint density at radius 1 is 0.788 bits per heavy atom. The Balaban J connectivity index is 1.46. The molecule has 0 saturated heterocycles. The first-order valence-corrected chi connectivity index (χ1v) is 13.8. The molecule has 182 valence electrons. The van der Waals surface area contributed by atoms with E-state index in [1.165, 1.54) is 95.5 Å². The zero-order valence-corrected chi connectivity index (χ0v) is 21.1. The number of rotatable bonds is 14. The van der Waals surface area contributed by atoms with Crippen LogP contribution in [-0.4, -0.2) is 9.97 Å². The fourth-order valence-electron chi connectivity index (χ4n) is 5.33. The van der Waals surface area contributed by atoms with Gasteiger partial charge in [0.2, 0.25) is 0 Å². The Morgan fingerprint density at radius 3 is 2.09 bits per heavy atom. The van der Waals surface area contributed by atoms with E-state index < -0.39 is 0 Å². The third-order valence-electron chi connectivity index (χ3n) is 7.57. The zero-order chi connectivity index (χ0) is 23.3. The average Bonchev–Trinajstić information content (AvgIpc) is 2.85. The van der Waals surface area contributed by atoms with Crippen LogP contribution < -0.4 is 0 Å². The molecule has 1 saturated carbocycles. The standard InChI is InChI=1S/C30H45FN2/c1-3-5-7-9-10-12-14-26-19-20-27(21-29(26)31)30-32-22-28(23-33-30)25-17-15-24(16-18-25)13-11-8-6-4-2/h19-25H,3-18H2,1-2H3/t24-,25-. The predicted molar refractivity (Wildman–Crippen MR) is 138 cm³/mol. The van der Waals surface area contributed by atoms with Crippen LogP contribution in [0.4, 0.5) is 4.39 Å². The molecule has 3 rings (SSSR count). The van der Waals surface area contributed by atoms with Crippen LogP contribution in [0.5, 0.6) is 0 Å². The molecule has 1 aromatic carbocycles. The van der Waals surface area contributed by atoms with Crippen molar-refractivity contribution in [3.63, 3.8) is 0 Å². The highest BCUT2D eigenvalue weighted by Gasteiger charge is 2.22. The third kappa shape index (κ3) is 8.50. The second kappa shape index (κ2) is 14.5. The van der Waals surface area contributed by atoms with E-state index >= 15 is 0 Å². The molecule has 1 heterocycles. The molecule has 0 atom stereocenters. The highest BCUT2D eigenvalue weighted by Crippen LogP contribution is 2.37. The molecule has 1 fully saturated rings. The summed E-state index contributed by atoms with van der Waals surface area (Å²) in [6.45, 7) is 4.51. The molecular formula is C30H45FN2. The van der Waals surface area contributed by atoms with E-state index in [9.17, 15) is 4.39 Å². The molecule has 0 bridgehead atoms. The maximum atomic E-state index is 14.6. The SMILES string of the molecule is CCCCCCCCc1ccc(-c2ncc([C@H]3CC[C@H](CCCCCC)CC3)cn2)cc1F. The Hall–Kier alpha value is -1.77. The van der Waals surface area contributed by atoms with E-state index in [0.717, 1.165) is 29.9 Å². The maximum Gasteiger partial charge on any atom is 0.159 e. The van der Waals surface area contributed by atoms with Crippen LogP contribution >= 0.6 is 0 Å².